The largest absolute Gasteiger partial charge is 0.217 e. The molecule has 0 fully saturated rings. The van der Waals surface area contributed by atoms with Gasteiger partial charge in [0, 0.05) is 11.5 Å². The van der Waals surface area contributed by atoms with Crippen LogP contribution in [-0.4, -0.2) is 14.6 Å². The first-order chi connectivity index (χ1) is 8.63. The molecule has 0 radical (unpaired) electrons. The molecule has 0 aliphatic carbocycles. The SMILES string of the molecule is CC(C)c1nn2cc(-c3ccc(F)cc3)nc2s1. The first-order valence-electron chi connectivity index (χ1n) is 5.75. The van der Waals surface area contributed by atoms with Gasteiger partial charge in [-0.15, -0.1) is 0 Å². The van der Waals surface area contributed by atoms with Crippen molar-refractivity contribution in [3.63, 3.8) is 0 Å². The molecule has 1 aromatic carbocycles. The molecular formula is C13H12FN3S. The molecule has 0 N–H and O–H groups in total. The van der Waals surface area contributed by atoms with Crippen molar-refractivity contribution in [2.45, 2.75) is 19.8 Å². The van der Waals surface area contributed by atoms with Gasteiger partial charge in [-0.2, -0.15) is 5.10 Å². The number of rotatable bonds is 2. The summed E-state index contributed by atoms with van der Waals surface area (Å²) in [7, 11) is 0. The van der Waals surface area contributed by atoms with Crippen LogP contribution in [0.25, 0.3) is 16.2 Å². The number of hydrogen-bond acceptors (Lipinski definition) is 3. The molecule has 0 saturated carbocycles. The lowest BCUT2D eigenvalue weighted by atomic mass is 10.2. The third-order valence-corrected chi connectivity index (χ3v) is 3.92. The van der Waals surface area contributed by atoms with E-state index in [9.17, 15) is 4.39 Å². The second kappa shape index (κ2) is 4.17. The summed E-state index contributed by atoms with van der Waals surface area (Å²) in [4.78, 5) is 5.39. The van der Waals surface area contributed by atoms with Crippen LogP contribution in [0.2, 0.25) is 0 Å². The van der Waals surface area contributed by atoms with Gasteiger partial charge in [0.25, 0.3) is 0 Å². The van der Waals surface area contributed by atoms with Crippen LogP contribution >= 0.6 is 11.3 Å². The lowest BCUT2D eigenvalue weighted by molar-refractivity contribution is 0.628. The van der Waals surface area contributed by atoms with Gasteiger partial charge in [0.2, 0.25) is 4.96 Å². The molecule has 0 aliphatic heterocycles. The van der Waals surface area contributed by atoms with E-state index in [-0.39, 0.29) is 5.82 Å². The average molecular weight is 261 g/mol. The van der Waals surface area contributed by atoms with Crippen LogP contribution in [0.3, 0.4) is 0 Å². The number of halogens is 1. The molecule has 2 heterocycles. The minimum absolute atomic E-state index is 0.236. The van der Waals surface area contributed by atoms with Gasteiger partial charge in [0.1, 0.15) is 10.8 Å². The molecule has 3 nitrogen and oxygen atoms in total. The first kappa shape index (κ1) is 11.3. The fourth-order valence-corrected chi connectivity index (χ4v) is 2.59. The molecule has 0 unspecified atom stereocenters. The number of nitrogens with zero attached hydrogens (tertiary/aromatic N) is 3. The van der Waals surface area contributed by atoms with Crippen LogP contribution in [0.4, 0.5) is 4.39 Å². The van der Waals surface area contributed by atoms with Crippen molar-refractivity contribution in [1.82, 2.24) is 14.6 Å². The van der Waals surface area contributed by atoms with E-state index in [1.165, 1.54) is 12.1 Å². The van der Waals surface area contributed by atoms with Crippen LogP contribution < -0.4 is 0 Å². The summed E-state index contributed by atoms with van der Waals surface area (Å²) in [6.45, 7) is 4.22. The standard InChI is InChI=1S/C13H12FN3S/c1-8(2)12-16-17-7-11(15-13(17)18-12)9-3-5-10(14)6-4-9/h3-8H,1-2H3. The molecule has 0 aliphatic rings. The highest BCUT2D eigenvalue weighted by Gasteiger charge is 2.11. The molecular weight excluding hydrogens is 249 g/mol. The maximum absolute atomic E-state index is 12.9. The summed E-state index contributed by atoms with van der Waals surface area (Å²) in [5.41, 5.74) is 1.73. The molecule has 92 valence electrons. The van der Waals surface area contributed by atoms with Gasteiger partial charge in [-0.1, -0.05) is 25.2 Å². The van der Waals surface area contributed by atoms with Crippen LogP contribution in [0.15, 0.2) is 30.5 Å². The van der Waals surface area contributed by atoms with E-state index in [1.54, 1.807) is 28.0 Å². The Morgan fingerprint density at radius 1 is 1.22 bits per heavy atom. The van der Waals surface area contributed by atoms with E-state index in [4.69, 9.17) is 0 Å². The Bertz CT molecular complexity index is 650. The first-order valence-corrected chi connectivity index (χ1v) is 6.57. The number of imidazole rings is 1. The minimum atomic E-state index is -0.236. The van der Waals surface area contributed by atoms with Gasteiger partial charge in [0.15, 0.2) is 0 Å². The van der Waals surface area contributed by atoms with E-state index in [0.717, 1.165) is 21.2 Å². The Hall–Kier alpha value is -1.75. The van der Waals surface area contributed by atoms with E-state index in [0.29, 0.717) is 5.92 Å². The highest BCUT2D eigenvalue weighted by molar-refractivity contribution is 7.16. The predicted molar refractivity (Wildman–Crippen MR) is 70.3 cm³/mol. The van der Waals surface area contributed by atoms with E-state index >= 15 is 0 Å². The zero-order valence-corrected chi connectivity index (χ0v) is 10.9. The summed E-state index contributed by atoms with van der Waals surface area (Å²) in [6, 6.07) is 6.34. The highest BCUT2D eigenvalue weighted by Crippen LogP contribution is 2.25. The maximum Gasteiger partial charge on any atom is 0.212 e. The molecule has 3 aromatic rings. The van der Waals surface area contributed by atoms with Crippen molar-refractivity contribution in [3.05, 3.63) is 41.3 Å². The minimum Gasteiger partial charge on any atom is -0.217 e. The Morgan fingerprint density at radius 2 is 1.94 bits per heavy atom. The molecule has 0 atom stereocenters. The summed E-state index contributed by atoms with van der Waals surface area (Å²) in [6.07, 6.45) is 1.88. The fourth-order valence-electron chi connectivity index (χ4n) is 1.71. The molecule has 0 bridgehead atoms. The van der Waals surface area contributed by atoms with Gasteiger partial charge in [0.05, 0.1) is 11.9 Å². The zero-order chi connectivity index (χ0) is 12.7. The maximum atomic E-state index is 12.9. The van der Waals surface area contributed by atoms with Crippen LogP contribution in [0.1, 0.15) is 24.8 Å². The normalized spacial score (nSPS) is 11.6. The van der Waals surface area contributed by atoms with E-state index < -0.39 is 0 Å². The molecule has 3 rings (SSSR count). The second-order valence-corrected chi connectivity index (χ2v) is 5.44. The lowest BCUT2D eigenvalue weighted by Crippen LogP contribution is -1.88. The molecule has 2 aromatic heterocycles. The predicted octanol–water partition coefficient (Wildman–Crippen LogP) is 3.72. The van der Waals surface area contributed by atoms with Crippen molar-refractivity contribution in [2.75, 3.05) is 0 Å². The second-order valence-electron chi connectivity index (χ2n) is 4.46. The molecule has 0 saturated heterocycles. The van der Waals surface area contributed by atoms with Crippen LogP contribution in [0.5, 0.6) is 0 Å². The number of benzene rings is 1. The highest BCUT2D eigenvalue weighted by atomic mass is 32.1. The van der Waals surface area contributed by atoms with Gasteiger partial charge < -0.3 is 0 Å². The van der Waals surface area contributed by atoms with Crippen LogP contribution in [0, 0.1) is 5.82 Å². The average Bonchev–Trinajstić information content (AvgIpc) is 2.87. The van der Waals surface area contributed by atoms with E-state index in [1.807, 2.05) is 6.20 Å². The number of hydrogen-bond donors (Lipinski definition) is 0. The Kier molecular flexibility index (Phi) is 2.63. The van der Waals surface area contributed by atoms with Crippen molar-refractivity contribution in [1.29, 1.82) is 0 Å². The van der Waals surface area contributed by atoms with Crippen molar-refractivity contribution in [2.24, 2.45) is 0 Å². The lowest BCUT2D eigenvalue weighted by Gasteiger charge is -1.96. The number of aromatic nitrogens is 3. The summed E-state index contributed by atoms with van der Waals surface area (Å²) in [5.74, 6) is 0.172. The van der Waals surface area contributed by atoms with Gasteiger partial charge in [-0.3, -0.25) is 0 Å². The third-order valence-electron chi connectivity index (χ3n) is 2.69. The van der Waals surface area contributed by atoms with Crippen molar-refractivity contribution < 1.29 is 4.39 Å². The van der Waals surface area contributed by atoms with Crippen LogP contribution in [-0.2, 0) is 0 Å². The van der Waals surface area contributed by atoms with Crippen molar-refractivity contribution in [3.8, 4) is 11.3 Å². The topological polar surface area (TPSA) is 30.2 Å². The summed E-state index contributed by atoms with van der Waals surface area (Å²) in [5, 5.41) is 5.55. The fraction of sp³-hybridized carbons (Fsp3) is 0.231. The zero-order valence-electron chi connectivity index (χ0n) is 10.1. The van der Waals surface area contributed by atoms with Gasteiger partial charge in [-0.25, -0.2) is 13.9 Å². The van der Waals surface area contributed by atoms with Gasteiger partial charge >= 0.3 is 0 Å². The third kappa shape index (κ3) is 1.90. The molecule has 0 amide bonds. The number of fused-ring (bicyclic) bond motifs is 1. The van der Waals surface area contributed by atoms with Crippen molar-refractivity contribution >= 4 is 16.3 Å². The van der Waals surface area contributed by atoms with E-state index in [2.05, 4.69) is 23.9 Å². The monoisotopic (exact) mass is 261 g/mol. The Morgan fingerprint density at radius 3 is 2.56 bits per heavy atom. The molecule has 18 heavy (non-hydrogen) atoms. The Labute approximate surface area is 108 Å². The quantitative estimate of drug-likeness (QED) is 0.703. The smallest absolute Gasteiger partial charge is 0.212 e. The molecule has 0 spiro atoms. The van der Waals surface area contributed by atoms with Gasteiger partial charge in [-0.05, 0) is 24.3 Å². The summed E-state index contributed by atoms with van der Waals surface area (Å²) >= 11 is 1.59. The Balaban J connectivity index is 2.03. The molecule has 5 heteroatoms. The summed E-state index contributed by atoms with van der Waals surface area (Å²) < 4.78 is 14.6.